The van der Waals surface area contributed by atoms with E-state index in [2.05, 4.69) is 57.3 Å². The Hall–Kier alpha value is -2.37. The van der Waals surface area contributed by atoms with Crippen LogP contribution in [0.25, 0.3) is 11.5 Å². The number of para-hydroxylation sites is 1. The smallest absolute Gasteiger partial charge is 0.247 e. The van der Waals surface area contributed by atoms with E-state index in [1.807, 2.05) is 24.3 Å². The molecule has 6 heteroatoms. The van der Waals surface area contributed by atoms with Gasteiger partial charge in [0.15, 0.2) is 0 Å². The van der Waals surface area contributed by atoms with Crippen molar-refractivity contribution in [1.29, 1.82) is 0 Å². The van der Waals surface area contributed by atoms with Crippen molar-refractivity contribution in [2.75, 3.05) is 31.1 Å². The number of halogens is 1. The third-order valence-electron chi connectivity index (χ3n) is 4.85. The van der Waals surface area contributed by atoms with Crippen molar-refractivity contribution in [2.24, 2.45) is 0 Å². The summed E-state index contributed by atoms with van der Waals surface area (Å²) in [5.41, 5.74) is 2.12. The van der Waals surface area contributed by atoms with Crippen LogP contribution in [0.15, 0.2) is 59.0 Å². The molecule has 134 valence electrons. The summed E-state index contributed by atoms with van der Waals surface area (Å²) in [4.78, 5) is 4.79. The van der Waals surface area contributed by atoms with Gasteiger partial charge in [-0.2, -0.15) is 0 Å². The highest BCUT2D eigenvalue weighted by molar-refractivity contribution is 6.30. The molecule has 1 aliphatic rings. The molecule has 1 aromatic heterocycles. The van der Waals surface area contributed by atoms with Gasteiger partial charge in [0.2, 0.25) is 11.8 Å². The minimum atomic E-state index is 0.0911. The van der Waals surface area contributed by atoms with E-state index >= 15 is 0 Å². The lowest BCUT2D eigenvalue weighted by Gasteiger charge is -2.38. The number of nitrogens with zero attached hydrogens (tertiary/aromatic N) is 4. The molecular weight excluding hydrogens is 348 g/mol. The minimum absolute atomic E-state index is 0.0911. The van der Waals surface area contributed by atoms with Gasteiger partial charge in [0.1, 0.15) is 0 Å². The maximum Gasteiger partial charge on any atom is 0.247 e. The molecule has 4 rings (SSSR count). The molecule has 0 N–H and O–H groups in total. The van der Waals surface area contributed by atoms with Crippen molar-refractivity contribution in [3.63, 3.8) is 0 Å². The second-order valence-electron chi connectivity index (χ2n) is 6.49. The van der Waals surface area contributed by atoms with Gasteiger partial charge in [-0.3, -0.25) is 4.90 Å². The molecule has 2 heterocycles. The molecule has 1 unspecified atom stereocenters. The lowest BCUT2D eigenvalue weighted by molar-refractivity contribution is 0.174. The molecule has 26 heavy (non-hydrogen) atoms. The van der Waals surface area contributed by atoms with Crippen molar-refractivity contribution in [3.05, 3.63) is 65.5 Å². The first-order valence-electron chi connectivity index (χ1n) is 8.84. The minimum Gasteiger partial charge on any atom is -0.419 e. The largest absolute Gasteiger partial charge is 0.419 e. The molecule has 3 aromatic rings. The van der Waals surface area contributed by atoms with Gasteiger partial charge < -0.3 is 9.32 Å². The third-order valence-corrected chi connectivity index (χ3v) is 5.09. The van der Waals surface area contributed by atoms with E-state index in [1.165, 1.54) is 5.69 Å². The van der Waals surface area contributed by atoms with Crippen LogP contribution >= 0.6 is 11.6 Å². The Morgan fingerprint density at radius 3 is 2.46 bits per heavy atom. The lowest BCUT2D eigenvalue weighted by atomic mass is 10.2. The summed E-state index contributed by atoms with van der Waals surface area (Å²) in [5.74, 6) is 1.16. The Labute approximate surface area is 158 Å². The van der Waals surface area contributed by atoms with Crippen LogP contribution in [0.2, 0.25) is 5.02 Å². The molecule has 1 saturated heterocycles. The van der Waals surface area contributed by atoms with Crippen LogP contribution in [0.5, 0.6) is 0 Å². The van der Waals surface area contributed by atoms with Gasteiger partial charge in [-0.05, 0) is 37.3 Å². The molecule has 0 radical (unpaired) electrons. The zero-order valence-electron chi connectivity index (χ0n) is 14.7. The normalized spacial score (nSPS) is 16.6. The fourth-order valence-corrected chi connectivity index (χ4v) is 3.49. The highest BCUT2D eigenvalue weighted by atomic mass is 35.5. The average molecular weight is 369 g/mol. The number of hydrogen-bond donors (Lipinski definition) is 0. The molecule has 1 atom stereocenters. The van der Waals surface area contributed by atoms with Gasteiger partial charge in [-0.15, -0.1) is 10.2 Å². The zero-order valence-corrected chi connectivity index (χ0v) is 15.4. The first kappa shape index (κ1) is 17.1. The maximum absolute atomic E-state index is 6.05. The summed E-state index contributed by atoms with van der Waals surface area (Å²) in [5, 5.41) is 9.11. The number of rotatable bonds is 4. The van der Waals surface area contributed by atoms with Gasteiger partial charge >= 0.3 is 0 Å². The van der Waals surface area contributed by atoms with Gasteiger partial charge in [0.25, 0.3) is 0 Å². The summed E-state index contributed by atoms with van der Waals surface area (Å²) < 4.78 is 5.92. The summed E-state index contributed by atoms with van der Waals surface area (Å²) >= 11 is 6.05. The Balaban J connectivity index is 1.42. The van der Waals surface area contributed by atoms with Crippen LogP contribution in [0.4, 0.5) is 5.69 Å². The highest BCUT2D eigenvalue weighted by Crippen LogP contribution is 2.27. The Morgan fingerprint density at radius 2 is 1.73 bits per heavy atom. The van der Waals surface area contributed by atoms with Gasteiger partial charge in [0, 0.05) is 42.5 Å². The second-order valence-corrected chi connectivity index (χ2v) is 6.93. The number of benzene rings is 2. The molecular formula is C20H21ClN4O. The van der Waals surface area contributed by atoms with E-state index < -0.39 is 0 Å². The van der Waals surface area contributed by atoms with E-state index in [-0.39, 0.29) is 6.04 Å². The van der Waals surface area contributed by atoms with Crippen LogP contribution in [-0.4, -0.2) is 41.3 Å². The molecule has 0 amide bonds. The van der Waals surface area contributed by atoms with Crippen LogP contribution in [0.1, 0.15) is 18.9 Å². The summed E-state index contributed by atoms with van der Waals surface area (Å²) in [6.07, 6.45) is 0. The number of aromatic nitrogens is 2. The maximum atomic E-state index is 6.05. The standard InChI is InChI=1S/C20H21ClN4O/c1-15(19-22-23-20(26-19)16-6-5-7-17(21)14-16)24-10-12-25(13-11-24)18-8-3-2-4-9-18/h2-9,14-15H,10-13H2,1H3. The van der Waals surface area contributed by atoms with Gasteiger partial charge in [-0.1, -0.05) is 35.9 Å². The molecule has 2 aromatic carbocycles. The molecule has 1 fully saturated rings. The number of anilines is 1. The number of piperazine rings is 1. The highest BCUT2D eigenvalue weighted by Gasteiger charge is 2.26. The fourth-order valence-electron chi connectivity index (χ4n) is 3.30. The molecule has 0 saturated carbocycles. The van der Waals surface area contributed by atoms with Crippen LogP contribution in [0, 0.1) is 0 Å². The molecule has 5 nitrogen and oxygen atoms in total. The van der Waals surface area contributed by atoms with Crippen molar-refractivity contribution in [3.8, 4) is 11.5 Å². The Bertz CT molecular complexity index is 859. The number of hydrogen-bond acceptors (Lipinski definition) is 5. The molecule has 0 aliphatic carbocycles. The van der Waals surface area contributed by atoms with E-state index in [1.54, 1.807) is 0 Å². The summed E-state index contributed by atoms with van der Waals surface area (Å²) in [6, 6.07) is 18.1. The zero-order chi connectivity index (χ0) is 17.9. The second kappa shape index (κ2) is 7.48. The molecule has 0 spiro atoms. The predicted molar refractivity (Wildman–Crippen MR) is 103 cm³/mol. The average Bonchev–Trinajstić information content (AvgIpc) is 3.18. The van der Waals surface area contributed by atoms with Crippen molar-refractivity contribution in [1.82, 2.24) is 15.1 Å². The van der Waals surface area contributed by atoms with E-state index in [0.29, 0.717) is 16.8 Å². The predicted octanol–water partition coefficient (Wildman–Crippen LogP) is 4.27. The van der Waals surface area contributed by atoms with Crippen LogP contribution in [-0.2, 0) is 0 Å². The summed E-state index contributed by atoms with van der Waals surface area (Å²) in [7, 11) is 0. The first-order valence-corrected chi connectivity index (χ1v) is 9.22. The van der Waals surface area contributed by atoms with Gasteiger partial charge in [-0.25, -0.2) is 0 Å². The third kappa shape index (κ3) is 3.59. The van der Waals surface area contributed by atoms with Crippen molar-refractivity contribution >= 4 is 17.3 Å². The van der Waals surface area contributed by atoms with E-state index in [0.717, 1.165) is 31.7 Å². The Morgan fingerprint density at radius 1 is 0.962 bits per heavy atom. The summed E-state index contributed by atoms with van der Waals surface area (Å²) in [6.45, 7) is 6.02. The topological polar surface area (TPSA) is 45.4 Å². The van der Waals surface area contributed by atoms with Crippen LogP contribution in [0.3, 0.4) is 0 Å². The van der Waals surface area contributed by atoms with E-state index in [9.17, 15) is 0 Å². The van der Waals surface area contributed by atoms with E-state index in [4.69, 9.17) is 16.0 Å². The molecule has 0 bridgehead atoms. The van der Waals surface area contributed by atoms with Crippen molar-refractivity contribution < 1.29 is 4.42 Å². The van der Waals surface area contributed by atoms with Gasteiger partial charge in [0.05, 0.1) is 6.04 Å². The fraction of sp³-hybridized carbons (Fsp3) is 0.300. The monoisotopic (exact) mass is 368 g/mol. The first-order chi connectivity index (χ1) is 12.7. The quantitative estimate of drug-likeness (QED) is 0.688. The SMILES string of the molecule is CC(c1nnc(-c2cccc(Cl)c2)o1)N1CCN(c2ccccc2)CC1. The molecule has 1 aliphatic heterocycles. The Kier molecular flexibility index (Phi) is 4.91. The van der Waals surface area contributed by atoms with Crippen LogP contribution < -0.4 is 4.90 Å². The lowest BCUT2D eigenvalue weighted by Crippen LogP contribution is -2.47. The van der Waals surface area contributed by atoms with Crippen molar-refractivity contribution in [2.45, 2.75) is 13.0 Å².